The first-order valence-corrected chi connectivity index (χ1v) is 10.8. The van der Waals surface area contributed by atoms with Crippen LogP contribution in [-0.4, -0.2) is 23.5 Å². The maximum absolute atomic E-state index is 12.0. The fourth-order valence-corrected chi connectivity index (χ4v) is 4.21. The Morgan fingerprint density at radius 3 is 2.64 bits per heavy atom. The number of ether oxygens (including phenoxy) is 1. The number of carbonyl (C=O) groups is 2. The zero-order valence-corrected chi connectivity index (χ0v) is 17.4. The summed E-state index contributed by atoms with van der Waals surface area (Å²) in [5, 5.41) is 7.45. The second-order valence-electron chi connectivity index (χ2n) is 6.44. The van der Waals surface area contributed by atoms with Crippen molar-refractivity contribution in [3.8, 4) is 9.88 Å². The summed E-state index contributed by atoms with van der Waals surface area (Å²) >= 11 is 3.10. The van der Waals surface area contributed by atoms with Crippen molar-refractivity contribution in [2.24, 2.45) is 0 Å². The highest BCUT2D eigenvalue weighted by molar-refractivity contribution is 7.20. The Kier molecular flexibility index (Phi) is 6.95. The molecule has 0 radical (unpaired) electrons. The highest BCUT2D eigenvalue weighted by Crippen LogP contribution is 2.28. The number of carbonyl (C=O) groups excluding carboxylic acids is 2. The number of benzene rings is 1. The highest BCUT2D eigenvalue weighted by Gasteiger charge is 2.13. The summed E-state index contributed by atoms with van der Waals surface area (Å²) in [7, 11) is 0. The monoisotopic (exact) mass is 414 g/mol. The van der Waals surface area contributed by atoms with E-state index >= 15 is 0 Å². The van der Waals surface area contributed by atoms with Crippen LogP contribution in [0.1, 0.15) is 37.4 Å². The van der Waals surface area contributed by atoms with Gasteiger partial charge in [0, 0.05) is 11.1 Å². The fraction of sp³-hybridized carbons (Fsp3) is 0.286. The fourth-order valence-electron chi connectivity index (χ4n) is 2.57. The van der Waals surface area contributed by atoms with Gasteiger partial charge in [0.15, 0.2) is 6.61 Å². The molecular weight excluding hydrogens is 392 g/mol. The SMILES string of the molecule is CC[C@@H](C)c1ccc(NC(=O)COC(=O)Cc2csc(-c3cccs3)n2)cc1. The van der Waals surface area contributed by atoms with Crippen molar-refractivity contribution in [1.29, 1.82) is 0 Å². The van der Waals surface area contributed by atoms with Crippen molar-refractivity contribution >= 4 is 40.2 Å². The van der Waals surface area contributed by atoms with Crippen molar-refractivity contribution in [2.75, 3.05) is 11.9 Å². The number of anilines is 1. The summed E-state index contributed by atoms with van der Waals surface area (Å²) in [6, 6.07) is 11.7. The summed E-state index contributed by atoms with van der Waals surface area (Å²) in [6.45, 7) is 4.00. The third-order valence-corrected chi connectivity index (χ3v) is 6.28. The molecule has 7 heteroatoms. The number of nitrogens with zero attached hydrogens (tertiary/aromatic N) is 1. The predicted octanol–water partition coefficient (Wildman–Crippen LogP) is 5.11. The molecule has 0 fully saturated rings. The van der Waals surface area contributed by atoms with Crippen molar-refractivity contribution in [3.63, 3.8) is 0 Å². The molecule has 28 heavy (non-hydrogen) atoms. The van der Waals surface area contributed by atoms with E-state index in [-0.39, 0.29) is 18.9 Å². The van der Waals surface area contributed by atoms with Gasteiger partial charge in [0.2, 0.25) is 0 Å². The van der Waals surface area contributed by atoms with E-state index < -0.39 is 5.97 Å². The third kappa shape index (κ3) is 5.50. The van der Waals surface area contributed by atoms with Crippen LogP contribution in [0.15, 0.2) is 47.2 Å². The van der Waals surface area contributed by atoms with Crippen LogP contribution in [0.5, 0.6) is 0 Å². The van der Waals surface area contributed by atoms with Gasteiger partial charge in [-0.1, -0.05) is 32.0 Å². The second kappa shape index (κ2) is 9.61. The van der Waals surface area contributed by atoms with Gasteiger partial charge < -0.3 is 10.1 Å². The maximum Gasteiger partial charge on any atom is 0.312 e. The van der Waals surface area contributed by atoms with Gasteiger partial charge in [-0.25, -0.2) is 4.98 Å². The molecule has 1 N–H and O–H groups in total. The summed E-state index contributed by atoms with van der Waals surface area (Å²) in [4.78, 5) is 29.5. The normalized spacial score (nSPS) is 11.8. The highest BCUT2D eigenvalue weighted by atomic mass is 32.1. The molecule has 0 aliphatic heterocycles. The number of hydrogen-bond donors (Lipinski definition) is 1. The molecule has 0 saturated carbocycles. The quantitative estimate of drug-likeness (QED) is 0.520. The van der Waals surface area contributed by atoms with Crippen molar-refractivity contribution in [2.45, 2.75) is 32.6 Å². The Labute approximate surface area is 172 Å². The molecule has 0 aliphatic rings. The first kappa shape index (κ1) is 20.2. The molecule has 1 atom stereocenters. The molecule has 0 aliphatic carbocycles. The average Bonchev–Trinajstić information content (AvgIpc) is 3.38. The van der Waals surface area contributed by atoms with Gasteiger partial charge in [0.25, 0.3) is 5.91 Å². The minimum absolute atomic E-state index is 0.0543. The molecule has 0 bridgehead atoms. The molecule has 0 unspecified atom stereocenters. The number of nitrogens with one attached hydrogen (secondary N) is 1. The first-order chi connectivity index (χ1) is 13.5. The van der Waals surface area contributed by atoms with Crippen LogP contribution in [0.4, 0.5) is 5.69 Å². The van der Waals surface area contributed by atoms with E-state index in [9.17, 15) is 9.59 Å². The summed E-state index contributed by atoms with van der Waals surface area (Å²) in [5.74, 6) is -0.343. The van der Waals surface area contributed by atoms with Crippen LogP contribution in [0, 0.1) is 0 Å². The number of aromatic nitrogens is 1. The zero-order valence-electron chi connectivity index (χ0n) is 15.8. The average molecular weight is 415 g/mol. The Hall–Kier alpha value is -2.51. The number of rotatable bonds is 8. The lowest BCUT2D eigenvalue weighted by Crippen LogP contribution is -2.21. The molecule has 2 aromatic heterocycles. The molecule has 3 aromatic rings. The van der Waals surface area contributed by atoms with Crippen molar-refractivity contribution in [1.82, 2.24) is 4.98 Å². The van der Waals surface area contributed by atoms with Gasteiger partial charge in [0.1, 0.15) is 5.01 Å². The van der Waals surface area contributed by atoms with E-state index in [1.165, 1.54) is 16.9 Å². The largest absolute Gasteiger partial charge is 0.455 e. The lowest BCUT2D eigenvalue weighted by molar-refractivity contribution is -0.146. The Morgan fingerprint density at radius 2 is 1.96 bits per heavy atom. The van der Waals surface area contributed by atoms with Crippen molar-refractivity contribution in [3.05, 3.63) is 58.4 Å². The Morgan fingerprint density at radius 1 is 1.18 bits per heavy atom. The summed E-state index contributed by atoms with van der Waals surface area (Å²) in [6.07, 6.45) is 1.12. The van der Waals surface area contributed by atoms with E-state index in [1.807, 2.05) is 47.2 Å². The number of esters is 1. The number of thiophene rings is 1. The molecule has 0 saturated heterocycles. The number of hydrogen-bond acceptors (Lipinski definition) is 6. The van der Waals surface area contributed by atoms with Gasteiger partial charge >= 0.3 is 5.97 Å². The third-order valence-electron chi connectivity index (χ3n) is 4.35. The summed E-state index contributed by atoms with van der Waals surface area (Å²) < 4.78 is 5.08. The van der Waals surface area contributed by atoms with Gasteiger partial charge in [-0.05, 0) is 41.5 Å². The van der Waals surface area contributed by atoms with Crippen molar-refractivity contribution < 1.29 is 14.3 Å². The molecule has 5 nitrogen and oxygen atoms in total. The predicted molar refractivity (Wildman–Crippen MR) is 114 cm³/mol. The molecule has 2 heterocycles. The lowest BCUT2D eigenvalue weighted by atomic mass is 9.99. The van der Waals surface area contributed by atoms with E-state index in [0.717, 1.165) is 16.3 Å². The van der Waals surface area contributed by atoms with E-state index in [4.69, 9.17) is 4.74 Å². The molecular formula is C21H22N2O3S2. The van der Waals surface area contributed by atoms with Crippen LogP contribution in [0.2, 0.25) is 0 Å². The van der Waals surface area contributed by atoms with E-state index in [1.54, 1.807) is 11.3 Å². The van der Waals surface area contributed by atoms with Gasteiger partial charge in [-0.2, -0.15) is 0 Å². The molecule has 1 aromatic carbocycles. The minimum Gasteiger partial charge on any atom is -0.455 e. The van der Waals surface area contributed by atoms with Crippen LogP contribution in [-0.2, 0) is 20.7 Å². The number of thiazole rings is 1. The number of amides is 1. The Balaban J connectivity index is 1.44. The minimum atomic E-state index is -0.467. The smallest absolute Gasteiger partial charge is 0.312 e. The maximum atomic E-state index is 12.0. The lowest BCUT2D eigenvalue weighted by Gasteiger charge is -2.10. The van der Waals surface area contributed by atoms with E-state index in [0.29, 0.717) is 17.3 Å². The topological polar surface area (TPSA) is 68.3 Å². The van der Waals surface area contributed by atoms with Gasteiger partial charge in [-0.3, -0.25) is 9.59 Å². The van der Waals surface area contributed by atoms with Gasteiger partial charge in [0.05, 0.1) is 17.0 Å². The second-order valence-corrected chi connectivity index (χ2v) is 8.24. The van der Waals surface area contributed by atoms with Gasteiger partial charge in [-0.15, -0.1) is 22.7 Å². The van der Waals surface area contributed by atoms with Crippen LogP contribution in [0.25, 0.3) is 9.88 Å². The molecule has 3 rings (SSSR count). The zero-order chi connectivity index (χ0) is 19.9. The first-order valence-electron chi connectivity index (χ1n) is 9.09. The van der Waals surface area contributed by atoms with Crippen LogP contribution < -0.4 is 5.32 Å². The standard InChI is InChI=1S/C21H22N2O3S2/c1-3-14(2)15-6-8-16(9-7-15)22-19(24)12-26-20(25)11-17-13-28-21(23-17)18-5-4-10-27-18/h4-10,13-14H,3,11-12H2,1-2H3,(H,22,24)/t14-/m1/s1. The molecule has 0 spiro atoms. The van der Waals surface area contributed by atoms with Crippen LogP contribution >= 0.6 is 22.7 Å². The Bertz CT molecular complexity index is 918. The molecule has 1 amide bonds. The summed E-state index contributed by atoms with van der Waals surface area (Å²) in [5.41, 5.74) is 2.57. The van der Waals surface area contributed by atoms with E-state index in [2.05, 4.69) is 24.1 Å². The molecule has 146 valence electrons. The van der Waals surface area contributed by atoms with Crippen LogP contribution in [0.3, 0.4) is 0 Å².